The molecule has 0 bridgehead atoms. The first-order valence-corrected chi connectivity index (χ1v) is 6.12. The lowest BCUT2D eigenvalue weighted by atomic mass is 9.99. The molecule has 2 aromatic rings. The highest BCUT2D eigenvalue weighted by molar-refractivity contribution is 5.04. The highest BCUT2D eigenvalue weighted by atomic mass is 15.1. The molecule has 0 aliphatic carbocycles. The maximum absolute atomic E-state index is 4.46. The summed E-state index contributed by atoms with van der Waals surface area (Å²) >= 11 is 0. The second kappa shape index (κ2) is 4.71. The summed E-state index contributed by atoms with van der Waals surface area (Å²) in [5.74, 6) is 1.77. The molecule has 0 saturated carbocycles. The Labute approximate surface area is 100 Å². The Morgan fingerprint density at radius 1 is 1.53 bits per heavy atom. The monoisotopic (exact) mass is 231 g/mol. The van der Waals surface area contributed by atoms with Gasteiger partial charge in [-0.1, -0.05) is 0 Å². The first-order valence-electron chi connectivity index (χ1n) is 6.12. The molecule has 5 nitrogen and oxygen atoms in total. The van der Waals surface area contributed by atoms with Crippen LogP contribution in [0.1, 0.15) is 30.3 Å². The van der Waals surface area contributed by atoms with E-state index in [1.807, 2.05) is 12.4 Å². The van der Waals surface area contributed by atoms with E-state index in [2.05, 4.69) is 31.0 Å². The van der Waals surface area contributed by atoms with Crippen LogP contribution in [0.15, 0.2) is 24.9 Å². The zero-order chi connectivity index (χ0) is 11.5. The minimum absolute atomic E-state index is 0.543. The van der Waals surface area contributed by atoms with Crippen LogP contribution in [0.25, 0.3) is 0 Å². The van der Waals surface area contributed by atoms with Gasteiger partial charge in [0, 0.05) is 49.8 Å². The van der Waals surface area contributed by atoms with Crippen molar-refractivity contribution < 1.29 is 0 Å². The van der Waals surface area contributed by atoms with Crippen molar-refractivity contribution in [3.63, 3.8) is 0 Å². The van der Waals surface area contributed by atoms with E-state index in [1.165, 1.54) is 18.7 Å². The second-order valence-electron chi connectivity index (χ2n) is 4.53. The molecule has 2 aromatic heterocycles. The average molecular weight is 231 g/mol. The molecule has 3 heterocycles. The van der Waals surface area contributed by atoms with Crippen LogP contribution in [0.2, 0.25) is 0 Å². The van der Waals surface area contributed by atoms with Gasteiger partial charge in [0.1, 0.15) is 5.82 Å². The quantitative estimate of drug-likeness (QED) is 0.833. The molecule has 1 aliphatic rings. The number of H-pyrrole nitrogens is 1. The molecule has 3 rings (SSSR count). The molecule has 1 atom stereocenters. The summed E-state index contributed by atoms with van der Waals surface area (Å²) in [6.07, 6.45) is 10.0. The number of hydrogen-bond donors (Lipinski definition) is 2. The van der Waals surface area contributed by atoms with Gasteiger partial charge in [0.15, 0.2) is 0 Å². The van der Waals surface area contributed by atoms with E-state index in [9.17, 15) is 0 Å². The minimum atomic E-state index is 0.543. The number of imidazole rings is 2. The third-order valence-electron chi connectivity index (χ3n) is 3.33. The van der Waals surface area contributed by atoms with Crippen LogP contribution in [0.5, 0.6) is 0 Å². The lowest BCUT2D eigenvalue weighted by molar-refractivity contribution is 0.422. The van der Waals surface area contributed by atoms with Gasteiger partial charge < -0.3 is 14.9 Å². The van der Waals surface area contributed by atoms with Crippen molar-refractivity contribution in [3.8, 4) is 0 Å². The fraction of sp³-hybridized carbons (Fsp3) is 0.500. The van der Waals surface area contributed by atoms with Gasteiger partial charge in [0.05, 0.1) is 6.33 Å². The average Bonchev–Trinajstić information content (AvgIpc) is 2.99. The molecule has 0 amide bonds. The van der Waals surface area contributed by atoms with Gasteiger partial charge in [0.25, 0.3) is 0 Å². The first-order chi connectivity index (χ1) is 8.43. The molecule has 0 aromatic carbocycles. The van der Waals surface area contributed by atoms with Gasteiger partial charge in [-0.3, -0.25) is 0 Å². The highest BCUT2D eigenvalue weighted by Crippen LogP contribution is 2.24. The van der Waals surface area contributed by atoms with Crippen LogP contribution in [-0.4, -0.2) is 26.1 Å². The molecule has 0 radical (unpaired) electrons. The Balaban J connectivity index is 1.57. The van der Waals surface area contributed by atoms with Crippen molar-refractivity contribution in [1.82, 2.24) is 24.8 Å². The molecule has 0 spiro atoms. The van der Waals surface area contributed by atoms with Crippen molar-refractivity contribution in [3.05, 3.63) is 36.4 Å². The second-order valence-corrected chi connectivity index (χ2v) is 4.53. The van der Waals surface area contributed by atoms with Crippen LogP contribution in [-0.2, 0) is 13.1 Å². The molecule has 1 aliphatic heterocycles. The summed E-state index contributed by atoms with van der Waals surface area (Å²) in [6.45, 7) is 2.94. The highest BCUT2D eigenvalue weighted by Gasteiger charge is 2.20. The Morgan fingerprint density at radius 2 is 2.53 bits per heavy atom. The largest absolute Gasteiger partial charge is 0.347 e. The van der Waals surface area contributed by atoms with Crippen LogP contribution in [0, 0.1) is 0 Å². The van der Waals surface area contributed by atoms with Crippen LogP contribution in [0.3, 0.4) is 0 Å². The number of rotatable bonds is 4. The SMILES string of the molecule is c1cn2c(n1)[C@@H](CNCc1cnc[nH]1)CCC2. The van der Waals surface area contributed by atoms with E-state index in [0.29, 0.717) is 5.92 Å². The summed E-state index contributed by atoms with van der Waals surface area (Å²) in [5.41, 5.74) is 1.13. The van der Waals surface area contributed by atoms with Crippen LogP contribution < -0.4 is 5.32 Å². The van der Waals surface area contributed by atoms with E-state index in [4.69, 9.17) is 0 Å². The molecule has 0 saturated heterocycles. The molecule has 17 heavy (non-hydrogen) atoms. The first kappa shape index (κ1) is 10.5. The number of nitrogens with one attached hydrogen (secondary N) is 2. The molecule has 5 heteroatoms. The van der Waals surface area contributed by atoms with Crippen LogP contribution >= 0.6 is 0 Å². The predicted molar refractivity (Wildman–Crippen MR) is 64.5 cm³/mol. The topological polar surface area (TPSA) is 58.5 Å². The van der Waals surface area contributed by atoms with Crippen molar-refractivity contribution in [2.75, 3.05) is 6.54 Å². The number of aromatic nitrogens is 4. The minimum Gasteiger partial charge on any atom is -0.347 e. The fourth-order valence-corrected chi connectivity index (χ4v) is 2.46. The number of nitrogens with zero attached hydrogens (tertiary/aromatic N) is 3. The van der Waals surface area contributed by atoms with Gasteiger partial charge in [0.2, 0.25) is 0 Å². The number of hydrogen-bond acceptors (Lipinski definition) is 3. The van der Waals surface area contributed by atoms with Gasteiger partial charge in [-0.15, -0.1) is 0 Å². The molecule has 0 unspecified atom stereocenters. The van der Waals surface area contributed by atoms with Crippen molar-refractivity contribution in [1.29, 1.82) is 0 Å². The summed E-state index contributed by atoms with van der Waals surface area (Å²) in [4.78, 5) is 11.6. The molecule has 2 N–H and O–H groups in total. The standard InChI is InChI=1S/C12H17N5/c1-2-10(12-15-3-5-17(12)4-1)6-13-7-11-8-14-9-16-11/h3,5,8-10,13H,1-2,4,6-7H2,(H,14,16)/t10-/m1/s1. The van der Waals surface area contributed by atoms with E-state index in [1.54, 1.807) is 6.33 Å². The van der Waals surface area contributed by atoms with E-state index >= 15 is 0 Å². The van der Waals surface area contributed by atoms with Gasteiger partial charge >= 0.3 is 0 Å². The Bertz CT molecular complexity index is 459. The van der Waals surface area contributed by atoms with E-state index in [0.717, 1.165) is 25.3 Å². The predicted octanol–water partition coefficient (Wildman–Crippen LogP) is 1.27. The number of aromatic amines is 1. The van der Waals surface area contributed by atoms with Crippen molar-refractivity contribution in [2.24, 2.45) is 0 Å². The van der Waals surface area contributed by atoms with E-state index < -0.39 is 0 Å². The van der Waals surface area contributed by atoms with Crippen LogP contribution in [0.4, 0.5) is 0 Å². The van der Waals surface area contributed by atoms with Crippen molar-refractivity contribution >= 4 is 0 Å². The maximum Gasteiger partial charge on any atom is 0.113 e. The lowest BCUT2D eigenvalue weighted by Crippen LogP contribution is -2.26. The zero-order valence-electron chi connectivity index (χ0n) is 9.76. The lowest BCUT2D eigenvalue weighted by Gasteiger charge is -2.23. The molecular formula is C12H17N5. The van der Waals surface area contributed by atoms with Crippen molar-refractivity contribution in [2.45, 2.75) is 31.8 Å². The zero-order valence-corrected chi connectivity index (χ0v) is 9.76. The normalized spacial score (nSPS) is 19.2. The summed E-state index contributed by atoms with van der Waals surface area (Å²) in [6, 6.07) is 0. The van der Waals surface area contributed by atoms with Gasteiger partial charge in [-0.2, -0.15) is 0 Å². The Hall–Kier alpha value is -1.62. The fourth-order valence-electron chi connectivity index (χ4n) is 2.46. The van der Waals surface area contributed by atoms with Gasteiger partial charge in [-0.25, -0.2) is 9.97 Å². The molecule has 0 fully saturated rings. The molecular weight excluding hydrogens is 214 g/mol. The summed E-state index contributed by atoms with van der Waals surface area (Å²) in [5, 5.41) is 3.46. The summed E-state index contributed by atoms with van der Waals surface area (Å²) in [7, 11) is 0. The summed E-state index contributed by atoms with van der Waals surface area (Å²) < 4.78 is 2.27. The maximum atomic E-state index is 4.46. The number of aryl methyl sites for hydroxylation is 1. The van der Waals surface area contributed by atoms with E-state index in [-0.39, 0.29) is 0 Å². The van der Waals surface area contributed by atoms with Gasteiger partial charge in [-0.05, 0) is 12.8 Å². The number of fused-ring (bicyclic) bond motifs is 1. The Morgan fingerprint density at radius 3 is 3.41 bits per heavy atom. The third-order valence-corrected chi connectivity index (χ3v) is 3.33. The smallest absolute Gasteiger partial charge is 0.113 e. The molecule has 90 valence electrons. The Kier molecular flexibility index (Phi) is 2.92. The third kappa shape index (κ3) is 2.24.